The Kier molecular flexibility index (Phi) is 4.53. The van der Waals surface area contributed by atoms with E-state index in [0.717, 1.165) is 16.9 Å². The van der Waals surface area contributed by atoms with Gasteiger partial charge in [-0.15, -0.1) is 0 Å². The molecule has 2 N–H and O–H groups in total. The first-order valence-electron chi connectivity index (χ1n) is 6.08. The van der Waals surface area contributed by atoms with Crippen molar-refractivity contribution in [3.05, 3.63) is 53.9 Å². The van der Waals surface area contributed by atoms with Crippen LogP contribution < -0.4 is 10.2 Å². The Morgan fingerprint density at radius 1 is 1.21 bits per heavy atom. The third kappa shape index (κ3) is 3.56. The molecule has 0 aliphatic rings. The van der Waals surface area contributed by atoms with Crippen LogP contribution in [0.4, 0.5) is 5.69 Å². The lowest BCUT2D eigenvalue weighted by Crippen LogP contribution is -1.92. The van der Waals surface area contributed by atoms with Gasteiger partial charge in [-0.3, -0.25) is 15.7 Å². The van der Waals surface area contributed by atoms with E-state index in [1.54, 1.807) is 12.4 Å². The third-order valence-electron chi connectivity index (χ3n) is 2.62. The second-order valence-corrected chi connectivity index (χ2v) is 3.91. The second kappa shape index (κ2) is 6.56. The van der Waals surface area contributed by atoms with Crippen LogP contribution in [0.3, 0.4) is 0 Å². The van der Waals surface area contributed by atoms with Gasteiger partial charge in [0, 0.05) is 11.8 Å². The Balaban J connectivity index is 2.13. The van der Waals surface area contributed by atoms with Gasteiger partial charge in [0.15, 0.2) is 0 Å². The number of ether oxygens (including phenoxy) is 1. The van der Waals surface area contributed by atoms with E-state index < -0.39 is 0 Å². The molecule has 4 nitrogen and oxygen atoms in total. The molecule has 4 heteroatoms. The maximum Gasteiger partial charge on any atom is 0.119 e. The lowest BCUT2D eigenvalue weighted by Gasteiger charge is -2.03. The van der Waals surface area contributed by atoms with Gasteiger partial charge in [-0.2, -0.15) is 0 Å². The molecule has 0 aliphatic carbocycles. The molecule has 0 atom stereocenters. The first-order valence-corrected chi connectivity index (χ1v) is 6.08. The summed E-state index contributed by atoms with van der Waals surface area (Å²) in [6, 6.07) is 9.65. The van der Waals surface area contributed by atoms with Crippen molar-refractivity contribution in [1.29, 1.82) is 0 Å². The molecule has 0 amide bonds. The Morgan fingerprint density at radius 2 is 2.00 bits per heavy atom. The van der Waals surface area contributed by atoms with Gasteiger partial charge in [0.2, 0.25) is 0 Å². The number of anilines is 1. The largest absolute Gasteiger partial charge is 0.494 e. The van der Waals surface area contributed by atoms with Crippen LogP contribution in [0.5, 0.6) is 5.75 Å². The summed E-state index contributed by atoms with van der Waals surface area (Å²) in [6.45, 7) is 2.62. The monoisotopic (exact) mass is 256 g/mol. The average molecular weight is 256 g/mol. The maximum atomic E-state index is 8.97. The maximum absolute atomic E-state index is 8.97. The van der Waals surface area contributed by atoms with Crippen LogP contribution in [0.25, 0.3) is 12.2 Å². The van der Waals surface area contributed by atoms with Gasteiger partial charge in [-0.1, -0.05) is 24.3 Å². The van der Waals surface area contributed by atoms with E-state index in [1.807, 2.05) is 49.4 Å². The number of rotatable bonds is 5. The minimum atomic E-state index is 0.574. The fraction of sp³-hybridized carbons (Fsp3) is 0.133. The van der Waals surface area contributed by atoms with Crippen LogP contribution in [0.1, 0.15) is 18.1 Å². The first-order chi connectivity index (χ1) is 9.33. The molecule has 0 saturated carbocycles. The number of hydrogen-bond donors (Lipinski definition) is 2. The van der Waals surface area contributed by atoms with Gasteiger partial charge in [0.1, 0.15) is 5.75 Å². The lowest BCUT2D eigenvalue weighted by atomic mass is 10.1. The van der Waals surface area contributed by atoms with Crippen LogP contribution in [0, 0.1) is 0 Å². The number of benzene rings is 1. The fourth-order valence-corrected chi connectivity index (χ4v) is 1.67. The minimum absolute atomic E-state index is 0.574. The SMILES string of the molecule is CCOc1ccc(C=Cc2ccncc2NO)cc1. The highest BCUT2D eigenvalue weighted by Gasteiger charge is 1.97. The molecular formula is C15H16N2O2. The van der Waals surface area contributed by atoms with Gasteiger partial charge in [-0.05, 0) is 30.7 Å². The molecular weight excluding hydrogens is 240 g/mol. The van der Waals surface area contributed by atoms with Crippen molar-refractivity contribution in [2.75, 3.05) is 12.1 Å². The lowest BCUT2D eigenvalue weighted by molar-refractivity contribution is 0.340. The van der Waals surface area contributed by atoms with Gasteiger partial charge in [-0.25, -0.2) is 0 Å². The molecule has 1 heterocycles. The Labute approximate surface area is 112 Å². The summed E-state index contributed by atoms with van der Waals surface area (Å²) in [7, 11) is 0. The molecule has 1 aromatic heterocycles. The zero-order chi connectivity index (χ0) is 13.5. The summed E-state index contributed by atoms with van der Waals surface area (Å²) in [5, 5.41) is 8.97. The Morgan fingerprint density at radius 3 is 2.68 bits per heavy atom. The average Bonchev–Trinajstić information content (AvgIpc) is 2.47. The van der Waals surface area contributed by atoms with E-state index in [1.165, 1.54) is 0 Å². The number of aromatic nitrogens is 1. The normalized spacial score (nSPS) is 10.6. The molecule has 0 bridgehead atoms. The molecule has 0 radical (unpaired) electrons. The smallest absolute Gasteiger partial charge is 0.119 e. The summed E-state index contributed by atoms with van der Waals surface area (Å²) in [5.74, 6) is 0.862. The highest BCUT2D eigenvalue weighted by molar-refractivity contribution is 5.75. The van der Waals surface area contributed by atoms with Crippen molar-refractivity contribution in [3.63, 3.8) is 0 Å². The Bertz CT molecular complexity index is 550. The topological polar surface area (TPSA) is 54.4 Å². The molecule has 1 aromatic carbocycles. The predicted octanol–water partition coefficient (Wildman–Crippen LogP) is 3.45. The molecule has 98 valence electrons. The highest BCUT2D eigenvalue weighted by atomic mass is 16.5. The summed E-state index contributed by atoms with van der Waals surface area (Å²) in [5.41, 5.74) is 4.62. The molecule has 19 heavy (non-hydrogen) atoms. The zero-order valence-corrected chi connectivity index (χ0v) is 10.7. The summed E-state index contributed by atoms with van der Waals surface area (Å²) < 4.78 is 5.38. The number of pyridine rings is 1. The van der Waals surface area contributed by atoms with Gasteiger partial charge >= 0.3 is 0 Å². The van der Waals surface area contributed by atoms with Gasteiger partial charge in [0.05, 0.1) is 18.5 Å². The van der Waals surface area contributed by atoms with Crippen LogP contribution in [0.15, 0.2) is 42.7 Å². The van der Waals surface area contributed by atoms with E-state index in [-0.39, 0.29) is 0 Å². The van der Waals surface area contributed by atoms with Crippen molar-refractivity contribution in [2.24, 2.45) is 0 Å². The van der Waals surface area contributed by atoms with Gasteiger partial charge in [0.25, 0.3) is 0 Å². The summed E-state index contributed by atoms with van der Waals surface area (Å²) >= 11 is 0. The van der Waals surface area contributed by atoms with Gasteiger partial charge < -0.3 is 4.74 Å². The quantitative estimate of drug-likeness (QED) is 0.804. The predicted molar refractivity (Wildman–Crippen MR) is 76.2 cm³/mol. The summed E-state index contributed by atoms with van der Waals surface area (Å²) in [4.78, 5) is 3.93. The molecule has 2 aromatic rings. The fourth-order valence-electron chi connectivity index (χ4n) is 1.67. The molecule has 0 aliphatic heterocycles. The van der Waals surface area contributed by atoms with Crippen molar-refractivity contribution in [2.45, 2.75) is 6.92 Å². The van der Waals surface area contributed by atoms with Crippen LogP contribution >= 0.6 is 0 Å². The molecule has 2 rings (SSSR count). The highest BCUT2D eigenvalue weighted by Crippen LogP contribution is 2.18. The van der Waals surface area contributed by atoms with Crippen LogP contribution in [-0.2, 0) is 0 Å². The third-order valence-corrected chi connectivity index (χ3v) is 2.62. The zero-order valence-electron chi connectivity index (χ0n) is 10.7. The van der Waals surface area contributed by atoms with Crippen LogP contribution in [-0.4, -0.2) is 16.8 Å². The van der Waals surface area contributed by atoms with Crippen LogP contribution in [0.2, 0.25) is 0 Å². The molecule has 0 unspecified atom stereocenters. The van der Waals surface area contributed by atoms with E-state index in [0.29, 0.717) is 12.3 Å². The van der Waals surface area contributed by atoms with E-state index in [2.05, 4.69) is 10.5 Å². The number of nitrogens with one attached hydrogen (secondary N) is 1. The van der Waals surface area contributed by atoms with E-state index >= 15 is 0 Å². The molecule has 0 saturated heterocycles. The van der Waals surface area contributed by atoms with E-state index in [4.69, 9.17) is 9.94 Å². The first kappa shape index (κ1) is 13.1. The van der Waals surface area contributed by atoms with Crippen molar-refractivity contribution in [3.8, 4) is 5.75 Å². The number of nitrogens with zero attached hydrogens (tertiary/aromatic N) is 1. The van der Waals surface area contributed by atoms with Crippen molar-refractivity contribution >= 4 is 17.8 Å². The van der Waals surface area contributed by atoms with E-state index in [9.17, 15) is 0 Å². The number of hydrogen-bond acceptors (Lipinski definition) is 4. The molecule has 0 fully saturated rings. The summed E-state index contributed by atoms with van der Waals surface area (Å²) in [6.07, 6.45) is 7.12. The standard InChI is InChI=1S/C15H16N2O2/c1-2-19-14-7-4-12(5-8-14)3-6-13-9-10-16-11-15(13)17-18/h3-11,17-18H,2H2,1H3. The Hall–Kier alpha value is -2.33. The molecule has 0 spiro atoms. The van der Waals surface area contributed by atoms with Crippen molar-refractivity contribution < 1.29 is 9.94 Å². The van der Waals surface area contributed by atoms with Crippen molar-refractivity contribution in [1.82, 2.24) is 4.98 Å². The second-order valence-electron chi connectivity index (χ2n) is 3.91. The minimum Gasteiger partial charge on any atom is -0.494 e.